The average molecular weight is 130 g/mol. The molecule has 3 heteroatoms. The fourth-order valence-corrected chi connectivity index (χ4v) is 0.433. The second-order valence-electron chi connectivity index (χ2n) is 1.90. The summed E-state index contributed by atoms with van der Waals surface area (Å²) < 4.78 is 0. The van der Waals surface area contributed by atoms with Crippen molar-refractivity contribution in [1.29, 1.82) is 0 Å². The van der Waals surface area contributed by atoms with E-state index < -0.39 is 12.1 Å². The van der Waals surface area contributed by atoms with Crippen LogP contribution in [0.1, 0.15) is 13.8 Å². The first-order valence-corrected chi connectivity index (χ1v) is 2.64. The van der Waals surface area contributed by atoms with Gasteiger partial charge in [-0.2, -0.15) is 0 Å². The largest absolute Gasteiger partial charge is 0.478 e. The third-order valence-corrected chi connectivity index (χ3v) is 0.829. The molecule has 0 amide bonds. The topological polar surface area (TPSA) is 57.5 Å². The van der Waals surface area contributed by atoms with E-state index in [2.05, 4.69) is 0 Å². The van der Waals surface area contributed by atoms with Crippen LogP contribution in [0.4, 0.5) is 0 Å². The molecule has 0 bridgehead atoms. The molecular weight excluding hydrogens is 120 g/mol. The molecule has 3 nitrogen and oxygen atoms in total. The smallest absolute Gasteiger partial charge is 0.331 e. The summed E-state index contributed by atoms with van der Waals surface area (Å²) in [5.74, 6) is -0.990. The summed E-state index contributed by atoms with van der Waals surface area (Å²) >= 11 is 0. The van der Waals surface area contributed by atoms with Gasteiger partial charge in [0.2, 0.25) is 0 Å². The maximum absolute atomic E-state index is 10.1. The maximum Gasteiger partial charge on any atom is 0.331 e. The summed E-state index contributed by atoms with van der Waals surface area (Å²) in [4.78, 5) is 10.1. The van der Waals surface area contributed by atoms with E-state index in [1.165, 1.54) is 19.9 Å². The van der Waals surface area contributed by atoms with Crippen LogP contribution in [-0.4, -0.2) is 22.3 Å². The second kappa shape index (κ2) is 3.25. The number of aliphatic carboxylic acids is 1. The Morgan fingerprint density at radius 2 is 2.11 bits per heavy atom. The predicted molar refractivity (Wildman–Crippen MR) is 33.1 cm³/mol. The zero-order valence-corrected chi connectivity index (χ0v) is 5.46. The SMILES string of the molecule is C/C(=C\C(C)O)C(=O)O. The van der Waals surface area contributed by atoms with E-state index in [4.69, 9.17) is 10.2 Å². The van der Waals surface area contributed by atoms with Gasteiger partial charge >= 0.3 is 5.97 Å². The van der Waals surface area contributed by atoms with Gasteiger partial charge < -0.3 is 10.2 Å². The lowest BCUT2D eigenvalue weighted by Gasteiger charge is -1.95. The minimum atomic E-state index is -0.990. The van der Waals surface area contributed by atoms with Crippen LogP contribution >= 0.6 is 0 Å². The lowest BCUT2D eigenvalue weighted by atomic mass is 10.2. The molecule has 0 aliphatic carbocycles. The summed E-state index contributed by atoms with van der Waals surface area (Å²) in [5.41, 5.74) is 0.171. The first-order chi connectivity index (χ1) is 4.04. The van der Waals surface area contributed by atoms with Crippen LogP contribution in [0.5, 0.6) is 0 Å². The second-order valence-corrected chi connectivity index (χ2v) is 1.90. The van der Waals surface area contributed by atoms with Crippen molar-refractivity contribution in [2.45, 2.75) is 20.0 Å². The Morgan fingerprint density at radius 3 is 2.22 bits per heavy atom. The molecule has 0 aromatic heterocycles. The monoisotopic (exact) mass is 130 g/mol. The normalized spacial score (nSPS) is 15.2. The molecular formula is C6H10O3. The number of hydrogen-bond donors (Lipinski definition) is 2. The van der Waals surface area contributed by atoms with Crippen LogP contribution in [0.2, 0.25) is 0 Å². The number of rotatable bonds is 2. The van der Waals surface area contributed by atoms with Gasteiger partial charge in [-0.15, -0.1) is 0 Å². The van der Waals surface area contributed by atoms with E-state index in [-0.39, 0.29) is 5.57 Å². The first-order valence-electron chi connectivity index (χ1n) is 2.64. The molecule has 52 valence electrons. The number of carboxylic acids is 1. The van der Waals surface area contributed by atoms with Gasteiger partial charge in [-0.05, 0) is 19.9 Å². The third kappa shape index (κ3) is 3.73. The number of carboxylic acid groups (broad SMARTS) is 1. The molecule has 0 saturated carbocycles. The van der Waals surface area contributed by atoms with Crippen molar-refractivity contribution in [3.8, 4) is 0 Å². The highest BCUT2D eigenvalue weighted by molar-refractivity contribution is 5.85. The molecule has 0 rings (SSSR count). The fraction of sp³-hybridized carbons (Fsp3) is 0.500. The van der Waals surface area contributed by atoms with E-state index in [1.807, 2.05) is 0 Å². The van der Waals surface area contributed by atoms with Gasteiger partial charge in [-0.3, -0.25) is 0 Å². The predicted octanol–water partition coefficient (Wildman–Crippen LogP) is 0.398. The van der Waals surface area contributed by atoms with Crippen molar-refractivity contribution < 1.29 is 15.0 Å². The molecule has 0 spiro atoms. The number of aliphatic hydroxyl groups excluding tert-OH is 1. The Kier molecular flexibility index (Phi) is 2.95. The van der Waals surface area contributed by atoms with Crippen LogP contribution in [0.15, 0.2) is 11.6 Å². The van der Waals surface area contributed by atoms with Crippen LogP contribution in [0, 0.1) is 0 Å². The summed E-state index contributed by atoms with van der Waals surface area (Å²) in [6, 6.07) is 0. The molecule has 9 heavy (non-hydrogen) atoms. The van der Waals surface area contributed by atoms with Crippen LogP contribution in [0.3, 0.4) is 0 Å². The lowest BCUT2D eigenvalue weighted by Crippen LogP contribution is -2.01. The Bertz CT molecular complexity index is 135. The van der Waals surface area contributed by atoms with Gasteiger partial charge in [0.05, 0.1) is 6.10 Å². The maximum atomic E-state index is 10.1. The molecule has 0 aromatic rings. The summed E-state index contributed by atoms with van der Waals surface area (Å²) in [6.07, 6.45) is 0.601. The van der Waals surface area contributed by atoms with E-state index in [0.717, 1.165) is 0 Å². The molecule has 0 aromatic carbocycles. The number of carbonyl (C=O) groups is 1. The van der Waals surface area contributed by atoms with Crippen LogP contribution in [0.25, 0.3) is 0 Å². The molecule has 0 aliphatic heterocycles. The standard InChI is InChI=1S/C6H10O3/c1-4(6(8)9)3-5(2)7/h3,5,7H,1-2H3,(H,8,9)/b4-3+. The van der Waals surface area contributed by atoms with Gasteiger partial charge in [0.1, 0.15) is 0 Å². The number of hydrogen-bond acceptors (Lipinski definition) is 2. The molecule has 0 fully saturated rings. The van der Waals surface area contributed by atoms with Crippen LogP contribution < -0.4 is 0 Å². The quantitative estimate of drug-likeness (QED) is 0.532. The summed E-state index contributed by atoms with van der Waals surface area (Å²) in [7, 11) is 0. The Labute approximate surface area is 53.6 Å². The van der Waals surface area contributed by atoms with Gasteiger partial charge in [0.25, 0.3) is 0 Å². The number of aliphatic hydroxyl groups is 1. The molecule has 0 radical (unpaired) electrons. The Morgan fingerprint density at radius 1 is 1.67 bits per heavy atom. The highest BCUT2D eigenvalue weighted by Gasteiger charge is 1.99. The minimum absolute atomic E-state index is 0.171. The average Bonchev–Trinajstić information content (AvgIpc) is 1.63. The van der Waals surface area contributed by atoms with Crippen molar-refractivity contribution in [2.75, 3.05) is 0 Å². The molecule has 2 N–H and O–H groups in total. The summed E-state index contributed by atoms with van der Waals surface area (Å²) in [5, 5.41) is 16.9. The first kappa shape index (κ1) is 8.17. The lowest BCUT2D eigenvalue weighted by molar-refractivity contribution is -0.132. The van der Waals surface area contributed by atoms with Gasteiger partial charge in [-0.25, -0.2) is 4.79 Å². The summed E-state index contributed by atoms with van der Waals surface area (Å²) in [6.45, 7) is 2.95. The van der Waals surface area contributed by atoms with Crippen molar-refractivity contribution in [3.63, 3.8) is 0 Å². The molecule has 0 aliphatic rings. The minimum Gasteiger partial charge on any atom is -0.478 e. The van der Waals surface area contributed by atoms with E-state index >= 15 is 0 Å². The van der Waals surface area contributed by atoms with Crippen molar-refractivity contribution >= 4 is 5.97 Å². The highest BCUT2D eigenvalue weighted by Crippen LogP contribution is 1.94. The fourth-order valence-electron chi connectivity index (χ4n) is 0.433. The molecule has 1 atom stereocenters. The van der Waals surface area contributed by atoms with E-state index in [1.54, 1.807) is 0 Å². The van der Waals surface area contributed by atoms with Gasteiger partial charge in [0.15, 0.2) is 0 Å². The van der Waals surface area contributed by atoms with Crippen molar-refractivity contribution in [2.24, 2.45) is 0 Å². The van der Waals surface area contributed by atoms with Crippen molar-refractivity contribution in [3.05, 3.63) is 11.6 Å². The third-order valence-electron chi connectivity index (χ3n) is 0.829. The molecule has 0 saturated heterocycles. The Hall–Kier alpha value is -0.830. The van der Waals surface area contributed by atoms with E-state index in [0.29, 0.717) is 0 Å². The molecule has 1 unspecified atom stereocenters. The zero-order chi connectivity index (χ0) is 7.44. The highest BCUT2D eigenvalue weighted by atomic mass is 16.4. The zero-order valence-electron chi connectivity index (χ0n) is 5.46. The Balaban J connectivity index is 4.00. The van der Waals surface area contributed by atoms with Gasteiger partial charge in [-0.1, -0.05) is 0 Å². The van der Waals surface area contributed by atoms with Gasteiger partial charge in [0, 0.05) is 5.57 Å². The molecule has 0 heterocycles. The van der Waals surface area contributed by atoms with Crippen LogP contribution in [-0.2, 0) is 4.79 Å². The van der Waals surface area contributed by atoms with E-state index in [9.17, 15) is 4.79 Å². The van der Waals surface area contributed by atoms with Crippen molar-refractivity contribution in [1.82, 2.24) is 0 Å².